The van der Waals surface area contributed by atoms with Crippen molar-refractivity contribution in [3.63, 3.8) is 0 Å². The lowest BCUT2D eigenvalue weighted by Crippen LogP contribution is -2.41. The van der Waals surface area contributed by atoms with Crippen molar-refractivity contribution in [2.75, 3.05) is 26.2 Å². The van der Waals surface area contributed by atoms with Crippen molar-refractivity contribution in [2.24, 2.45) is 5.73 Å². The van der Waals surface area contributed by atoms with Crippen LogP contribution >= 0.6 is 15.9 Å². The first kappa shape index (κ1) is 16.4. The standard InChI is InChI=1S/C15H20BrFN2O2/c16-13-4-1-3-12(14(13)17)15(20)19-8-5-11(6-9-19)21-10-2-7-18/h1,3-4,11H,2,5-10,18H2. The Kier molecular flexibility index (Phi) is 6.14. The van der Waals surface area contributed by atoms with Gasteiger partial charge in [-0.3, -0.25) is 4.79 Å². The van der Waals surface area contributed by atoms with E-state index in [4.69, 9.17) is 10.5 Å². The van der Waals surface area contributed by atoms with E-state index in [2.05, 4.69) is 15.9 Å². The molecule has 0 aliphatic carbocycles. The molecule has 1 heterocycles. The Labute approximate surface area is 132 Å². The van der Waals surface area contributed by atoms with Crippen LogP contribution in [0.15, 0.2) is 22.7 Å². The van der Waals surface area contributed by atoms with Crippen LogP contribution in [-0.2, 0) is 4.74 Å². The van der Waals surface area contributed by atoms with Gasteiger partial charge in [0.05, 0.1) is 16.1 Å². The molecule has 21 heavy (non-hydrogen) atoms. The van der Waals surface area contributed by atoms with Crippen LogP contribution in [0.1, 0.15) is 29.6 Å². The minimum absolute atomic E-state index is 0.117. The van der Waals surface area contributed by atoms with Gasteiger partial charge in [0.15, 0.2) is 0 Å². The number of carbonyl (C=O) groups excluding carboxylic acids is 1. The van der Waals surface area contributed by atoms with Gasteiger partial charge in [-0.05, 0) is 53.9 Å². The number of ether oxygens (including phenoxy) is 1. The van der Waals surface area contributed by atoms with Crippen molar-refractivity contribution in [3.8, 4) is 0 Å². The van der Waals surface area contributed by atoms with Gasteiger partial charge in [0.1, 0.15) is 5.82 Å². The lowest BCUT2D eigenvalue weighted by Gasteiger charge is -2.32. The summed E-state index contributed by atoms with van der Waals surface area (Å²) >= 11 is 3.11. The topological polar surface area (TPSA) is 55.6 Å². The number of halogens is 2. The van der Waals surface area contributed by atoms with E-state index >= 15 is 0 Å². The van der Waals surface area contributed by atoms with Crippen LogP contribution in [0.4, 0.5) is 4.39 Å². The van der Waals surface area contributed by atoms with Crippen LogP contribution in [0.5, 0.6) is 0 Å². The maximum Gasteiger partial charge on any atom is 0.256 e. The average Bonchev–Trinajstić information content (AvgIpc) is 2.50. The van der Waals surface area contributed by atoms with Gasteiger partial charge in [0, 0.05) is 19.7 Å². The molecule has 0 bridgehead atoms. The van der Waals surface area contributed by atoms with E-state index in [9.17, 15) is 9.18 Å². The molecule has 1 saturated heterocycles. The largest absolute Gasteiger partial charge is 0.378 e. The fourth-order valence-electron chi connectivity index (χ4n) is 2.40. The number of rotatable bonds is 5. The Hall–Kier alpha value is -0.980. The monoisotopic (exact) mass is 358 g/mol. The van der Waals surface area contributed by atoms with Crippen LogP contribution in [-0.4, -0.2) is 43.2 Å². The highest BCUT2D eigenvalue weighted by atomic mass is 79.9. The SMILES string of the molecule is NCCCOC1CCN(C(=O)c2cccc(Br)c2F)CC1. The third-order valence-electron chi connectivity index (χ3n) is 3.61. The average molecular weight is 359 g/mol. The quantitative estimate of drug-likeness (QED) is 0.823. The molecule has 0 radical (unpaired) electrons. The number of likely N-dealkylation sites (tertiary alicyclic amines) is 1. The molecule has 2 rings (SSSR count). The summed E-state index contributed by atoms with van der Waals surface area (Å²) in [5.74, 6) is -0.752. The van der Waals surface area contributed by atoms with Crippen molar-refractivity contribution in [3.05, 3.63) is 34.1 Å². The van der Waals surface area contributed by atoms with Crippen molar-refractivity contribution in [2.45, 2.75) is 25.4 Å². The first-order chi connectivity index (χ1) is 10.1. The summed E-state index contributed by atoms with van der Waals surface area (Å²) < 4.78 is 20.0. The van der Waals surface area contributed by atoms with Crippen molar-refractivity contribution in [1.82, 2.24) is 4.90 Å². The van der Waals surface area contributed by atoms with E-state index < -0.39 is 5.82 Å². The first-order valence-electron chi connectivity index (χ1n) is 7.18. The molecule has 0 saturated carbocycles. The number of hydrogen-bond donors (Lipinski definition) is 1. The number of nitrogens with two attached hydrogens (primary N) is 1. The number of hydrogen-bond acceptors (Lipinski definition) is 3. The molecule has 1 aliphatic rings. The third-order valence-corrected chi connectivity index (χ3v) is 4.23. The molecule has 1 fully saturated rings. The van der Waals surface area contributed by atoms with Crippen LogP contribution in [0.25, 0.3) is 0 Å². The number of carbonyl (C=O) groups is 1. The highest BCUT2D eigenvalue weighted by molar-refractivity contribution is 9.10. The molecule has 0 atom stereocenters. The number of piperidine rings is 1. The summed E-state index contributed by atoms with van der Waals surface area (Å²) in [5.41, 5.74) is 5.54. The molecule has 6 heteroatoms. The Balaban J connectivity index is 1.90. The minimum Gasteiger partial charge on any atom is -0.378 e. The van der Waals surface area contributed by atoms with Gasteiger partial charge in [0.2, 0.25) is 0 Å². The molecular formula is C15H20BrFN2O2. The molecule has 4 nitrogen and oxygen atoms in total. The van der Waals surface area contributed by atoms with Crippen LogP contribution in [0.3, 0.4) is 0 Å². The summed E-state index contributed by atoms with van der Waals surface area (Å²) in [7, 11) is 0. The van der Waals surface area contributed by atoms with E-state index in [0.717, 1.165) is 19.3 Å². The van der Waals surface area contributed by atoms with Crippen LogP contribution < -0.4 is 5.73 Å². The fraction of sp³-hybridized carbons (Fsp3) is 0.533. The van der Waals surface area contributed by atoms with Gasteiger partial charge in [-0.15, -0.1) is 0 Å². The normalized spacial score (nSPS) is 16.2. The van der Waals surface area contributed by atoms with Gasteiger partial charge >= 0.3 is 0 Å². The molecule has 2 N–H and O–H groups in total. The highest BCUT2D eigenvalue weighted by Gasteiger charge is 2.26. The second-order valence-corrected chi connectivity index (χ2v) is 5.96. The summed E-state index contributed by atoms with van der Waals surface area (Å²) in [6.45, 7) is 2.48. The molecular weight excluding hydrogens is 339 g/mol. The zero-order chi connectivity index (χ0) is 15.2. The molecule has 1 aromatic carbocycles. The van der Waals surface area contributed by atoms with Crippen molar-refractivity contribution < 1.29 is 13.9 Å². The highest BCUT2D eigenvalue weighted by Crippen LogP contribution is 2.22. The molecule has 0 aromatic heterocycles. The Morgan fingerprint density at radius 1 is 1.43 bits per heavy atom. The van der Waals surface area contributed by atoms with Crippen LogP contribution in [0.2, 0.25) is 0 Å². The zero-order valence-electron chi connectivity index (χ0n) is 11.9. The molecule has 1 amide bonds. The Bertz CT molecular complexity index is 491. The zero-order valence-corrected chi connectivity index (χ0v) is 13.4. The Morgan fingerprint density at radius 2 is 2.14 bits per heavy atom. The smallest absolute Gasteiger partial charge is 0.256 e. The first-order valence-corrected chi connectivity index (χ1v) is 7.97. The van der Waals surface area contributed by atoms with Gasteiger partial charge in [-0.25, -0.2) is 4.39 Å². The molecule has 1 aliphatic heterocycles. The summed E-state index contributed by atoms with van der Waals surface area (Å²) in [6, 6.07) is 4.78. The molecule has 0 spiro atoms. The lowest BCUT2D eigenvalue weighted by atomic mass is 10.1. The van der Waals surface area contributed by atoms with Crippen molar-refractivity contribution in [1.29, 1.82) is 0 Å². The molecule has 116 valence electrons. The van der Waals surface area contributed by atoms with E-state index in [0.29, 0.717) is 30.7 Å². The van der Waals surface area contributed by atoms with E-state index in [1.54, 1.807) is 17.0 Å². The second-order valence-electron chi connectivity index (χ2n) is 5.11. The molecule has 0 unspecified atom stereocenters. The van der Waals surface area contributed by atoms with Gasteiger partial charge in [-0.1, -0.05) is 6.07 Å². The lowest BCUT2D eigenvalue weighted by molar-refractivity contribution is 0.00833. The number of benzene rings is 1. The van der Waals surface area contributed by atoms with Crippen LogP contribution in [0, 0.1) is 5.82 Å². The van der Waals surface area contributed by atoms with Crippen molar-refractivity contribution >= 4 is 21.8 Å². The maximum absolute atomic E-state index is 14.0. The van der Waals surface area contributed by atoms with Gasteiger partial charge in [0.25, 0.3) is 5.91 Å². The summed E-state index contributed by atoms with van der Waals surface area (Å²) in [5, 5.41) is 0. The minimum atomic E-state index is -0.496. The predicted molar refractivity (Wildman–Crippen MR) is 82.6 cm³/mol. The predicted octanol–water partition coefficient (Wildman–Crippen LogP) is 2.56. The molecule has 1 aromatic rings. The summed E-state index contributed by atoms with van der Waals surface area (Å²) in [6.07, 6.45) is 2.59. The van der Waals surface area contributed by atoms with E-state index in [-0.39, 0.29) is 17.6 Å². The summed E-state index contributed by atoms with van der Waals surface area (Å²) in [4.78, 5) is 14.0. The number of amides is 1. The Morgan fingerprint density at radius 3 is 2.81 bits per heavy atom. The second kappa shape index (κ2) is 7.87. The third kappa shape index (κ3) is 4.25. The number of nitrogens with zero attached hydrogens (tertiary/aromatic N) is 1. The van der Waals surface area contributed by atoms with Gasteiger partial charge < -0.3 is 15.4 Å². The van der Waals surface area contributed by atoms with E-state index in [1.165, 1.54) is 6.07 Å². The van der Waals surface area contributed by atoms with Gasteiger partial charge in [-0.2, -0.15) is 0 Å². The maximum atomic E-state index is 14.0. The van der Waals surface area contributed by atoms with E-state index in [1.807, 2.05) is 0 Å². The fourth-order valence-corrected chi connectivity index (χ4v) is 2.76.